The van der Waals surface area contributed by atoms with E-state index in [1.165, 1.54) is 0 Å². The Kier molecular flexibility index (Phi) is 4.34. The average Bonchev–Trinajstić information content (AvgIpc) is 1.88. The zero-order chi connectivity index (χ0) is 9.02. The Bertz CT molecular complexity index is 132. The summed E-state index contributed by atoms with van der Waals surface area (Å²) < 4.78 is 13.3. The normalized spacial score (nSPS) is 16.5. The number of allylic oxidation sites excluding steroid dienone is 1. The molecule has 2 N–H and O–H groups in total. The number of nitrogens with two attached hydrogens (primary N) is 1. The minimum absolute atomic E-state index is 0.0764. The molecule has 0 aliphatic carbocycles. The number of rotatable bonds is 4. The first-order valence-electron chi connectivity index (χ1n) is 4.00. The lowest BCUT2D eigenvalue weighted by molar-refractivity contribution is 0.219. The summed E-state index contributed by atoms with van der Waals surface area (Å²) in [6.07, 6.45) is -0.944. The molecule has 1 nitrogen and oxygen atoms in total. The van der Waals surface area contributed by atoms with Gasteiger partial charge in [-0.05, 0) is 25.0 Å². The van der Waals surface area contributed by atoms with E-state index in [0.717, 1.165) is 0 Å². The molecule has 0 aliphatic heterocycles. The van der Waals surface area contributed by atoms with E-state index in [0.29, 0.717) is 12.1 Å². The van der Waals surface area contributed by atoms with Crippen molar-refractivity contribution in [3.8, 4) is 0 Å². The van der Waals surface area contributed by atoms with Crippen LogP contribution in [0.5, 0.6) is 0 Å². The lowest BCUT2D eigenvalue weighted by Crippen LogP contribution is -2.29. The highest BCUT2D eigenvalue weighted by molar-refractivity contribution is 5.00. The van der Waals surface area contributed by atoms with E-state index < -0.39 is 6.17 Å². The summed E-state index contributed by atoms with van der Waals surface area (Å²) in [5.74, 6) is 0.208. The molecule has 0 bridgehead atoms. The van der Waals surface area contributed by atoms with Gasteiger partial charge in [-0.2, -0.15) is 0 Å². The Morgan fingerprint density at radius 1 is 1.55 bits per heavy atom. The third-order valence-corrected chi connectivity index (χ3v) is 1.98. The Hall–Kier alpha value is -0.370. The molecule has 0 fully saturated rings. The molecule has 0 aromatic rings. The molecule has 0 saturated carbocycles. The predicted octanol–water partition coefficient (Wildman–Crippen LogP) is 2.13. The second-order valence-electron chi connectivity index (χ2n) is 3.39. The quantitative estimate of drug-likeness (QED) is 0.625. The monoisotopic (exact) mass is 159 g/mol. The Morgan fingerprint density at radius 3 is 2.09 bits per heavy atom. The molecule has 2 heteroatoms. The summed E-state index contributed by atoms with van der Waals surface area (Å²) in [5, 5.41) is 0. The fourth-order valence-electron chi connectivity index (χ4n) is 1.10. The van der Waals surface area contributed by atoms with E-state index in [9.17, 15) is 4.39 Å². The maximum Gasteiger partial charge on any atom is 0.125 e. The fraction of sp³-hybridized carbons (Fsp3) is 0.778. The van der Waals surface area contributed by atoms with Crippen LogP contribution in [0.25, 0.3) is 0 Å². The standard InChI is InChI=1S/C9H18FN/c1-6(2)8(5-11)9(10)7(3)4/h6,8-9H,3,5,11H2,1-2,4H3. The highest BCUT2D eigenvalue weighted by Gasteiger charge is 2.22. The molecule has 0 radical (unpaired) electrons. The van der Waals surface area contributed by atoms with Gasteiger partial charge in [0.15, 0.2) is 0 Å². The van der Waals surface area contributed by atoms with Crippen LogP contribution in [0.1, 0.15) is 20.8 Å². The average molecular weight is 159 g/mol. The van der Waals surface area contributed by atoms with Crippen LogP contribution in [0.15, 0.2) is 12.2 Å². The minimum atomic E-state index is -0.944. The molecule has 0 aliphatic rings. The van der Waals surface area contributed by atoms with Crippen molar-refractivity contribution in [3.63, 3.8) is 0 Å². The lowest BCUT2D eigenvalue weighted by atomic mass is 9.88. The van der Waals surface area contributed by atoms with Crippen LogP contribution in [0.2, 0.25) is 0 Å². The van der Waals surface area contributed by atoms with Gasteiger partial charge in [0, 0.05) is 5.92 Å². The smallest absolute Gasteiger partial charge is 0.125 e. The summed E-state index contributed by atoms with van der Waals surface area (Å²) in [6, 6.07) is 0. The Morgan fingerprint density at radius 2 is 2.00 bits per heavy atom. The van der Waals surface area contributed by atoms with Crippen LogP contribution in [0.4, 0.5) is 4.39 Å². The number of hydrogen-bond acceptors (Lipinski definition) is 1. The van der Waals surface area contributed by atoms with Crippen molar-refractivity contribution in [2.45, 2.75) is 26.9 Å². The van der Waals surface area contributed by atoms with Gasteiger partial charge in [-0.1, -0.05) is 20.4 Å². The second-order valence-corrected chi connectivity index (χ2v) is 3.39. The number of halogens is 1. The van der Waals surface area contributed by atoms with Crippen molar-refractivity contribution in [3.05, 3.63) is 12.2 Å². The molecule has 0 amide bonds. The van der Waals surface area contributed by atoms with Crippen LogP contribution < -0.4 is 5.73 Å². The van der Waals surface area contributed by atoms with Crippen LogP contribution in [0, 0.1) is 11.8 Å². The van der Waals surface area contributed by atoms with E-state index in [-0.39, 0.29) is 11.8 Å². The maximum atomic E-state index is 13.3. The summed E-state index contributed by atoms with van der Waals surface area (Å²) in [7, 11) is 0. The van der Waals surface area contributed by atoms with E-state index in [1.807, 2.05) is 13.8 Å². The Balaban J connectivity index is 4.13. The lowest BCUT2D eigenvalue weighted by Gasteiger charge is -2.22. The third kappa shape index (κ3) is 3.02. The largest absolute Gasteiger partial charge is 0.330 e. The van der Waals surface area contributed by atoms with Crippen LogP contribution in [-0.2, 0) is 0 Å². The van der Waals surface area contributed by atoms with Crippen molar-refractivity contribution in [2.75, 3.05) is 6.54 Å². The van der Waals surface area contributed by atoms with Gasteiger partial charge in [-0.15, -0.1) is 0 Å². The van der Waals surface area contributed by atoms with Gasteiger partial charge in [-0.25, -0.2) is 4.39 Å². The van der Waals surface area contributed by atoms with Crippen molar-refractivity contribution in [1.82, 2.24) is 0 Å². The molecular weight excluding hydrogens is 141 g/mol. The van der Waals surface area contributed by atoms with Crippen LogP contribution in [-0.4, -0.2) is 12.7 Å². The zero-order valence-corrected chi connectivity index (χ0v) is 7.60. The molecule has 0 rings (SSSR count). The highest BCUT2D eigenvalue weighted by atomic mass is 19.1. The van der Waals surface area contributed by atoms with E-state index in [4.69, 9.17) is 5.73 Å². The maximum absolute atomic E-state index is 13.3. The number of hydrogen-bond donors (Lipinski definition) is 1. The molecule has 2 atom stereocenters. The van der Waals surface area contributed by atoms with Crippen molar-refractivity contribution >= 4 is 0 Å². The molecule has 0 aromatic heterocycles. The first-order valence-corrected chi connectivity index (χ1v) is 4.00. The first-order chi connectivity index (χ1) is 5.00. The third-order valence-electron chi connectivity index (χ3n) is 1.98. The number of alkyl halides is 1. The van der Waals surface area contributed by atoms with E-state index in [2.05, 4.69) is 6.58 Å². The van der Waals surface area contributed by atoms with Crippen LogP contribution >= 0.6 is 0 Å². The zero-order valence-electron chi connectivity index (χ0n) is 7.60. The molecule has 0 saturated heterocycles. The van der Waals surface area contributed by atoms with Gasteiger partial charge in [0.2, 0.25) is 0 Å². The molecule has 0 heterocycles. The van der Waals surface area contributed by atoms with Crippen molar-refractivity contribution in [1.29, 1.82) is 0 Å². The SMILES string of the molecule is C=C(C)C(F)C(CN)C(C)C. The van der Waals surface area contributed by atoms with Gasteiger partial charge in [0.1, 0.15) is 6.17 Å². The van der Waals surface area contributed by atoms with Gasteiger partial charge < -0.3 is 5.73 Å². The van der Waals surface area contributed by atoms with Gasteiger partial charge in [-0.3, -0.25) is 0 Å². The first kappa shape index (κ1) is 10.6. The summed E-state index contributed by atoms with van der Waals surface area (Å²) in [4.78, 5) is 0. The summed E-state index contributed by atoms with van der Waals surface area (Å²) >= 11 is 0. The van der Waals surface area contributed by atoms with Crippen molar-refractivity contribution < 1.29 is 4.39 Å². The minimum Gasteiger partial charge on any atom is -0.330 e. The summed E-state index contributed by atoms with van der Waals surface area (Å²) in [6.45, 7) is 9.63. The highest BCUT2D eigenvalue weighted by Crippen LogP contribution is 2.21. The topological polar surface area (TPSA) is 26.0 Å². The van der Waals surface area contributed by atoms with Gasteiger partial charge in [0.05, 0.1) is 0 Å². The molecule has 2 unspecified atom stereocenters. The molecule has 0 spiro atoms. The van der Waals surface area contributed by atoms with Gasteiger partial charge >= 0.3 is 0 Å². The Labute approximate surface area is 68.5 Å². The molecular formula is C9H18FN. The predicted molar refractivity (Wildman–Crippen MR) is 47.1 cm³/mol. The second kappa shape index (κ2) is 4.50. The molecule has 11 heavy (non-hydrogen) atoms. The summed E-state index contributed by atoms with van der Waals surface area (Å²) in [5.41, 5.74) is 6.01. The van der Waals surface area contributed by atoms with Crippen LogP contribution in [0.3, 0.4) is 0 Å². The van der Waals surface area contributed by atoms with E-state index >= 15 is 0 Å². The van der Waals surface area contributed by atoms with Crippen molar-refractivity contribution in [2.24, 2.45) is 17.6 Å². The fourth-order valence-corrected chi connectivity index (χ4v) is 1.10. The molecule has 0 aromatic carbocycles. The molecule has 66 valence electrons. The van der Waals surface area contributed by atoms with Gasteiger partial charge in [0.25, 0.3) is 0 Å². The van der Waals surface area contributed by atoms with E-state index in [1.54, 1.807) is 6.92 Å².